The Bertz CT molecular complexity index is 1100. The standard InChI is InChI=1S/C20H26N4O3S/c1-13-8-18-21-10-14-11-23(7-5-16(14)24(18)22-13)28(26,27)12-20-6-4-15(9-17(20)25)19(20,2)3/h8,10,15H,4-7,9,11-12H2,1-3H3. The number of sulfonamides is 1. The maximum atomic E-state index is 13.4. The third kappa shape index (κ3) is 2.30. The monoisotopic (exact) mass is 402 g/mol. The molecule has 2 fully saturated rings. The van der Waals surface area contributed by atoms with E-state index in [4.69, 9.17) is 0 Å². The smallest absolute Gasteiger partial charge is 0.215 e. The van der Waals surface area contributed by atoms with E-state index < -0.39 is 15.4 Å². The van der Waals surface area contributed by atoms with Crippen LogP contribution in [0.1, 0.15) is 50.1 Å². The topological polar surface area (TPSA) is 84.6 Å². The van der Waals surface area contributed by atoms with E-state index >= 15 is 0 Å². The Morgan fingerprint density at radius 1 is 1.32 bits per heavy atom. The van der Waals surface area contributed by atoms with Crippen LogP contribution in [0.5, 0.6) is 0 Å². The van der Waals surface area contributed by atoms with E-state index in [0.29, 0.717) is 38.3 Å². The van der Waals surface area contributed by atoms with Crippen molar-refractivity contribution in [1.82, 2.24) is 18.9 Å². The van der Waals surface area contributed by atoms with Gasteiger partial charge in [-0.15, -0.1) is 0 Å². The van der Waals surface area contributed by atoms with Crippen molar-refractivity contribution in [2.75, 3.05) is 12.3 Å². The zero-order valence-electron chi connectivity index (χ0n) is 16.6. The van der Waals surface area contributed by atoms with Crippen molar-refractivity contribution in [1.29, 1.82) is 0 Å². The molecule has 28 heavy (non-hydrogen) atoms. The highest BCUT2D eigenvalue weighted by molar-refractivity contribution is 7.89. The van der Waals surface area contributed by atoms with Gasteiger partial charge in [0.15, 0.2) is 5.65 Å². The van der Waals surface area contributed by atoms with E-state index in [1.165, 1.54) is 0 Å². The molecule has 3 heterocycles. The first-order valence-electron chi connectivity index (χ1n) is 9.98. The predicted molar refractivity (Wildman–Crippen MR) is 104 cm³/mol. The van der Waals surface area contributed by atoms with Gasteiger partial charge in [-0.3, -0.25) is 4.79 Å². The Morgan fingerprint density at radius 3 is 2.79 bits per heavy atom. The summed E-state index contributed by atoms with van der Waals surface area (Å²) in [6, 6.07) is 1.92. The number of carbonyl (C=O) groups is 1. The van der Waals surface area contributed by atoms with E-state index in [-0.39, 0.29) is 17.0 Å². The summed E-state index contributed by atoms with van der Waals surface area (Å²) in [7, 11) is -3.55. The predicted octanol–water partition coefficient (Wildman–Crippen LogP) is 2.12. The largest absolute Gasteiger partial charge is 0.299 e. The van der Waals surface area contributed by atoms with Gasteiger partial charge in [-0.1, -0.05) is 13.8 Å². The fourth-order valence-corrected chi connectivity index (χ4v) is 7.97. The van der Waals surface area contributed by atoms with Gasteiger partial charge in [0, 0.05) is 49.2 Å². The number of hydrogen-bond acceptors (Lipinski definition) is 5. The normalized spacial score (nSPS) is 29.5. The number of ketones is 1. The summed E-state index contributed by atoms with van der Waals surface area (Å²) >= 11 is 0. The third-order valence-corrected chi connectivity index (χ3v) is 9.65. The lowest BCUT2D eigenvalue weighted by Crippen LogP contribution is -2.47. The first kappa shape index (κ1) is 18.2. The highest BCUT2D eigenvalue weighted by atomic mass is 32.2. The molecule has 2 aromatic rings. The van der Waals surface area contributed by atoms with E-state index in [9.17, 15) is 13.2 Å². The van der Waals surface area contributed by atoms with Crippen molar-refractivity contribution in [3.63, 3.8) is 0 Å². The molecule has 0 radical (unpaired) electrons. The van der Waals surface area contributed by atoms with Gasteiger partial charge in [-0.05, 0) is 31.1 Å². The average Bonchev–Trinajstić information content (AvgIpc) is 3.18. The van der Waals surface area contributed by atoms with Crippen LogP contribution in [0.15, 0.2) is 12.3 Å². The molecule has 2 unspecified atom stereocenters. The van der Waals surface area contributed by atoms with Crippen LogP contribution in [0, 0.1) is 23.7 Å². The fourth-order valence-electron chi connectivity index (χ4n) is 5.78. The molecule has 2 bridgehead atoms. The Balaban J connectivity index is 1.46. The molecule has 2 saturated carbocycles. The Morgan fingerprint density at radius 2 is 2.11 bits per heavy atom. The number of aromatic nitrogens is 3. The number of Topliss-reactive ketones (excluding diaryl/α,β-unsaturated/α-hetero) is 1. The minimum atomic E-state index is -3.55. The third-order valence-electron chi connectivity index (χ3n) is 7.70. The van der Waals surface area contributed by atoms with E-state index in [0.717, 1.165) is 29.0 Å². The van der Waals surface area contributed by atoms with Crippen molar-refractivity contribution in [2.24, 2.45) is 16.7 Å². The highest BCUT2D eigenvalue weighted by Crippen LogP contribution is 2.64. The summed E-state index contributed by atoms with van der Waals surface area (Å²) in [5, 5.41) is 4.50. The van der Waals surface area contributed by atoms with Gasteiger partial charge in [0.25, 0.3) is 0 Å². The lowest BCUT2D eigenvalue weighted by Gasteiger charge is -2.38. The van der Waals surface area contributed by atoms with Crippen molar-refractivity contribution in [3.05, 3.63) is 29.2 Å². The van der Waals surface area contributed by atoms with Crippen molar-refractivity contribution in [2.45, 2.75) is 53.0 Å². The van der Waals surface area contributed by atoms with Crippen LogP contribution < -0.4 is 0 Å². The van der Waals surface area contributed by atoms with Crippen LogP contribution in [-0.4, -0.2) is 45.4 Å². The minimum absolute atomic E-state index is 0.0613. The van der Waals surface area contributed by atoms with E-state index in [1.807, 2.05) is 17.5 Å². The number of nitrogens with zero attached hydrogens (tertiary/aromatic N) is 4. The molecule has 0 spiro atoms. The summed E-state index contributed by atoms with van der Waals surface area (Å²) in [5.41, 5.74) is 2.64. The molecule has 1 aliphatic heterocycles. The molecule has 8 heteroatoms. The van der Waals surface area contributed by atoms with Crippen LogP contribution in [-0.2, 0) is 27.8 Å². The van der Waals surface area contributed by atoms with Crippen LogP contribution in [0.2, 0.25) is 0 Å². The molecule has 3 aliphatic rings. The summed E-state index contributed by atoms with van der Waals surface area (Å²) in [5.74, 6) is 0.400. The van der Waals surface area contributed by atoms with Crippen LogP contribution in [0.3, 0.4) is 0 Å². The summed E-state index contributed by atoms with van der Waals surface area (Å²) in [6.45, 7) is 6.80. The molecule has 7 nitrogen and oxygen atoms in total. The SMILES string of the molecule is Cc1cc2ncc3c(n2n1)CCN(S(=O)(=O)CC12CCC(CC1=O)C2(C)C)C3. The summed E-state index contributed by atoms with van der Waals surface area (Å²) in [4.78, 5) is 17.2. The van der Waals surface area contributed by atoms with E-state index in [1.54, 1.807) is 10.5 Å². The van der Waals surface area contributed by atoms with Crippen LogP contribution >= 0.6 is 0 Å². The maximum absolute atomic E-state index is 13.4. The van der Waals surface area contributed by atoms with Gasteiger partial charge < -0.3 is 0 Å². The van der Waals surface area contributed by atoms with Crippen molar-refractivity contribution in [3.8, 4) is 0 Å². The Kier molecular flexibility index (Phi) is 3.67. The molecule has 2 atom stereocenters. The van der Waals surface area contributed by atoms with E-state index in [2.05, 4.69) is 23.9 Å². The molecule has 5 rings (SSSR count). The minimum Gasteiger partial charge on any atom is -0.299 e. The fraction of sp³-hybridized carbons (Fsp3) is 0.650. The number of carbonyl (C=O) groups excluding carboxylic acids is 1. The molecule has 0 saturated heterocycles. The van der Waals surface area contributed by atoms with Crippen LogP contribution in [0.25, 0.3) is 5.65 Å². The molecule has 0 aromatic carbocycles. The summed E-state index contributed by atoms with van der Waals surface area (Å²) in [6.07, 6.45) is 4.55. The number of fused-ring (bicyclic) bond motifs is 5. The molecule has 2 aromatic heterocycles. The maximum Gasteiger partial charge on any atom is 0.215 e. The van der Waals surface area contributed by atoms with Gasteiger partial charge in [-0.2, -0.15) is 9.40 Å². The average molecular weight is 403 g/mol. The van der Waals surface area contributed by atoms with Crippen LogP contribution in [0.4, 0.5) is 0 Å². The molecular formula is C20H26N4O3S. The molecular weight excluding hydrogens is 376 g/mol. The van der Waals surface area contributed by atoms with Gasteiger partial charge in [-0.25, -0.2) is 17.9 Å². The zero-order valence-corrected chi connectivity index (χ0v) is 17.4. The van der Waals surface area contributed by atoms with Gasteiger partial charge >= 0.3 is 0 Å². The lowest BCUT2D eigenvalue weighted by molar-refractivity contribution is -0.128. The molecule has 2 aliphatic carbocycles. The quantitative estimate of drug-likeness (QED) is 0.785. The molecule has 150 valence electrons. The second-order valence-corrected chi connectivity index (χ2v) is 11.3. The second-order valence-electron chi connectivity index (χ2n) is 9.29. The lowest BCUT2D eigenvalue weighted by atomic mass is 9.70. The Labute approximate surface area is 165 Å². The van der Waals surface area contributed by atoms with Crippen molar-refractivity contribution >= 4 is 21.5 Å². The van der Waals surface area contributed by atoms with Gasteiger partial charge in [0.05, 0.1) is 17.1 Å². The first-order valence-corrected chi connectivity index (χ1v) is 11.6. The van der Waals surface area contributed by atoms with Crippen molar-refractivity contribution < 1.29 is 13.2 Å². The molecule has 0 amide bonds. The van der Waals surface area contributed by atoms with Gasteiger partial charge in [0.2, 0.25) is 10.0 Å². The number of hydrogen-bond donors (Lipinski definition) is 0. The highest BCUT2D eigenvalue weighted by Gasteiger charge is 2.65. The number of rotatable bonds is 3. The zero-order chi connectivity index (χ0) is 19.9. The summed E-state index contributed by atoms with van der Waals surface area (Å²) < 4.78 is 30.1. The Hall–Kier alpha value is -1.80. The van der Waals surface area contributed by atoms with Gasteiger partial charge in [0.1, 0.15) is 5.78 Å². The second kappa shape index (κ2) is 5.63. The first-order chi connectivity index (χ1) is 13.1. The molecule has 0 N–H and O–H groups in total. The number of aryl methyl sites for hydroxylation is 1.